The van der Waals surface area contributed by atoms with Gasteiger partial charge in [-0.05, 0) is 108 Å². The molecule has 2 N–H and O–H groups in total. The second kappa shape index (κ2) is 21.9. The quantitative estimate of drug-likeness (QED) is 0.207. The van der Waals surface area contributed by atoms with Crippen LogP contribution in [-0.4, -0.2) is 162 Å². The number of hydrazine groups is 1. The fraction of sp³-hybridized carbons (Fsp3) is 0.636. The highest BCUT2D eigenvalue weighted by molar-refractivity contribution is 5.96. The number of hydrogen-bond acceptors (Lipinski definition) is 12. The van der Waals surface area contributed by atoms with Crippen LogP contribution in [0.4, 0.5) is 5.69 Å². The second-order valence-electron chi connectivity index (χ2n) is 22.1. The molecule has 4 amide bonds. The van der Waals surface area contributed by atoms with Crippen molar-refractivity contribution in [3.8, 4) is 23.1 Å². The Kier molecular flexibility index (Phi) is 16.0. The molecule has 0 spiro atoms. The summed E-state index contributed by atoms with van der Waals surface area (Å²) >= 11 is 0. The molecule has 0 unspecified atom stereocenters. The lowest BCUT2D eigenvalue weighted by Gasteiger charge is -2.41. The number of ether oxygens (including phenoxy) is 3. The normalized spacial score (nSPS) is 23.9. The van der Waals surface area contributed by atoms with Crippen molar-refractivity contribution >= 4 is 46.2 Å². The first kappa shape index (κ1) is 52.8. The van der Waals surface area contributed by atoms with E-state index in [4.69, 9.17) is 19.2 Å². The van der Waals surface area contributed by atoms with Crippen LogP contribution in [0.1, 0.15) is 105 Å². The van der Waals surface area contributed by atoms with E-state index in [0.29, 0.717) is 65.0 Å². The Balaban J connectivity index is 1.08. The van der Waals surface area contributed by atoms with E-state index in [-0.39, 0.29) is 43.4 Å². The molecule has 72 heavy (non-hydrogen) atoms. The molecule has 6 bridgehead atoms. The molecule has 5 aliphatic rings. The molecule has 0 aliphatic carbocycles. The van der Waals surface area contributed by atoms with Crippen LogP contribution in [0.2, 0.25) is 0 Å². The third kappa shape index (κ3) is 11.2. The molecule has 1 aromatic carbocycles. The van der Waals surface area contributed by atoms with Crippen molar-refractivity contribution in [3.05, 3.63) is 47.8 Å². The van der Waals surface area contributed by atoms with E-state index in [0.717, 1.165) is 58.6 Å². The van der Waals surface area contributed by atoms with Gasteiger partial charge in [-0.15, -0.1) is 0 Å². The number of likely N-dealkylation sites (tertiary alicyclic amines) is 2. The summed E-state index contributed by atoms with van der Waals surface area (Å²) in [5, 5.41) is 5.62. The largest absolute Gasteiger partial charge is 0.464 e. The van der Waals surface area contributed by atoms with Crippen LogP contribution in [0, 0.1) is 29.1 Å². The number of nitrogens with zero attached hydrogens (tertiary/aromatic N) is 7. The summed E-state index contributed by atoms with van der Waals surface area (Å²) in [6.07, 6.45) is 4.40. The molecule has 390 valence electrons. The molecule has 8 rings (SSSR count). The van der Waals surface area contributed by atoms with Crippen molar-refractivity contribution in [1.29, 1.82) is 0 Å². The van der Waals surface area contributed by atoms with Gasteiger partial charge in [-0.3, -0.25) is 38.9 Å². The number of esters is 1. The van der Waals surface area contributed by atoms with Crippen LogP contribution in [-0.2, 0) is 51.1 Å². The van der Waals surface area contributed by atoms with Crippen molar-refractivity contribution in [2.75, 3.05) is 78.1 Å². The number of carbonyl (C=O) groups is 5. The van der Waals surface area contributed by atoms with E-state index < -0.39 is 58.9 Å². The van der Waals surface area contributed by atoms with E-state index in [1.165, 1.54) is 9.91 Å². The summed E-state index contributed by atoms with van der Waals surface area (Å²) in [7, 11) is 3.32. The first-order valence-corrected chi connectivity index (χ1v) is 26.2. The summed E-state index contributed by atoms with van der Waals surface area (Å²) in [6, 6.07) is 7.86. The molecule has 0 saturated carbocycles. The summed E-state index contributed by atoms with van der Waals surface area (Å²) in [4.78, 5) is 83.5. The number of fused-ring (bicyclic) bond motifs is 6. The molecule has 5 aliphatic heterocycles. The Bertz CT molecular complexity index is 2580. The van der Waals surface area contributed by atoms with Gasteiger partial charge in [0.25, 0.3) is 11.8 Å². The zero-order chi connectivity index (χ0) is 51.6. The third-order valence-electron chi connectivity index (χ3n) is 15.5. The number of anilines is 1. The Morgan fingerprint density at radius 3 is 2.53 bits per heavy atom. The maximum Gasteiger partial charge on any atom is 0.324 e. The number of rotatable bonds is 10. The Morgan fingerprint density at radius 2 is 1.82 bits per heavy atom. The molecule has 7 heterocycles. The zero-order valence-corrected chi connectivity index (χ0v) is 44.2. The average Bonchev–Trinajstić information content (AvgIpc) is 3.96. The number of nitrogens with one attached hydrogen (secondary N) is 2. The predicted molar refractivity (Wildman–Crippen MR) is 275 cm³/mol. The van der Waals surface area contributed by atoms with Gasteiger partial charge in [0.2, 0.25) is 11.8 Å². The highest BCUT2D eigenvalue weighted by atomic mass is 16.5. The van der Waals surface area contributed by atoms with Crippen molar-refractivity contribution in [1.82, 2.24) is 40.0 Å². The SMILES string of the molecule is CCn1c(-c2cccnc2[C@H](C)OC)c2c3cc(ccc31)N1CCO[C@@H](C[C@H](NC(=O)[C@H](C(C)C)N(C)C(=O)[C@H]3CCN(C(=O)C#CC(C)(C)N4CCC4)C3)C(=O)N3CCC[C@H](N3)C(=O)OCC(C)(C)C2)C1. The first-order chi connectivity index (χ1) is 34.3. The van der Waals surface area contributed by atoms with Crippen LogP contribution in [0.25, 0.3) is 22.2 Å². The Hall–Kier alpha value is -5.54. The fourth-order valence-electron chi connectivity index (χ4n) is 11.3. The summed E-state index contributed by atoms with van der Waals surface area (Å²) in [5.41, 5.74) is 8.35. The van der Waals surface area contributed by atoms with Gasteiger partial charge in [-0.1, -0.05) is 33.6 Å². The van der Waals surface area contributed by atoms with Gasteiger partial charge in [0, 0.05) is 107 Å². The Labute approximate surface area is 425 Å². The monoisotopic (exact) mass is 992 g/mol. The van der Waals surface area contributed by atoms with Gasteiger partial charge in [-0.2, -0.15) is 0 Å². The van der Waals surface area contributed by atoms with Crippen molar-refractivity contribution in [2.24, 2.45) is 17.3 Å². The highest BCUT2D eigenvalue weighted by Crippen LogP contribution is 2.42. The van der Waals surface area contributed by atoms with Crippen LogP contribution >= 0.6 is 0 Å². The number of pyridine rings is 1. The van der Waals surface area contributed by atoms with Gasteiger partial charge in [0.15, 0.2) is 0 Å². The van der Waals surface area contributed by atoms with Gasteiger partial charge in [0.1, 0.15) is 18.1 Å². The maximum atomic E-state index is 14.8. The number of methoxy groups -OCH3 is 1. The lowest BCUT2D eigenvalue weighted by Crippen LogP contribution is -2.62. The minimum absolute atomic E-state index is 0.136. The van der Waals surface area contributed by atoms with E-state index in [1.54, 1.807) is 25.3 Å². The molecular formula is C55H77N9O8. The number of cyclic esters (lactones) is 1. The van der Waals surface area contributed by atoms with E-state index in [2.05, 4.69) is 82.0 Å². The van der Waals surface area contributed by atoms with Crippen LogP contribution in [0.15, 0.2) is 36.5 Å². The highest BCUT2D eigenvalue weighted by Gasteiger charge is 2.42. The Morgan fingerprint density at radius 1 is 1.04 bits per heavy atom. The van der Waals surface area contributed by atoms with Gasteiger partial charge < -0.3 is 38.8 Å². The van der Waals surface area contributed by atoms with Gasteiger partial charge >= 0.3 is 5.97 Å². The lowest BCUT2D eigenvalue weighted by molar-refractivity contribution is -0.156. The van der Waals surface area contributed by atoms with E-state index in [9.17, 15) is 24.0 Å². The van der Waals surface area contributed by atoms with E-state index >= 15 is 0 Å². The molecule has 4 saturated heterocycles. The zero-order valence-electron chi connectivity index (χ0n) is 44.2. The molecule has 3 aromatic rings. The van der Waals surface area contributed by atoms with E-state index in [1.807, 2.05) is 40.7 Å². The number of benzene rings is 1. The first-order valence-electron chi connectivity index (χ1n) is 26.2. The summed E-state index contributed by atoms with van der Waals surface area (Å²) in [6.45, 7) is 21.3. The third-order valence-corrected chi connectivity index (χ3v) is 15.5. The number of hydrogen-bond donors (Lipinski definition) is 2. The lowest BCUT2D eigenvalue weighted by atomic mass is 9.84. The standard InChI is InChI=1S/C55H77N9O8/c1-11-63-45-18-17-38-29-41(45)42(49(63)40-15-12-22-56-47(40)36(4)70-10)31-54(5,6)34-72-53(69)43-16-13-25-64(58-43)52(68)44(30-39-33-60(38)27-28-71-39)57-50(66)48(35(2)3)59(9)51(67)37-20-26-61(32-37)46(65)19-21-55(7,8)62-23-14-24-62/h12,15,17-18,22,29,35-37,39,43-44,48,58H,11,13-14,16,20,23-28,30-34H2,1-10H3,(H,57,66)/t36-,37-,39-,43-,44-,48-/m0/s1. The van der Waals surface area contributed by atoms with Crippen molar-refractivity contribution in [3.63, 3.8) is 0 Å². The molecule has 0 radical (unpaired) electrons. The number of aromatic nitrogens is 2. The topological polar surface area (TPSA) is 171 Å². The number of aryl methyl sites for hydroxylation is 1. The van der Waals surface area contributed by atoms with Gasteiger partial charge in [0.05, 0.1) is 48.3 Å². The summed E-state index contributed by atoms with van der Waals surface area (Å²) in [5.74, 6) is 3.27. The van der Waals surface area contributed by atoms with Crippen molar-refractivity contribution < 1.29 is 38.2 Å². The number of likely N-dealkylation sites (N-methyl/N-ethyl adjacent to an activating group) is 1. The molecule has 6 atom stereocenters. The summed E-state index contributed by atoms with van der Waals surface area (Å²) < 4.78 is 20.8. The van der Waals surface area contributed by atoms with Gasteiger partial charge in [-0.25, -0.2) is 5.43 Å². The maximum absolute atomic E-state index is 14.8. The van der Waals surface area contributed by atoms with Crippen LogP contribution < -0.4 is 15.6 Å². The van der Waals surface area contributed by atoms with Crippen LogP contribution in [0.5, 0.6) is 0 Å². The molecule has 4 fully saturated rings. The number of carbonyl (C=O) groups excluding carboxylic acids is 5. The predicted octanol–water partition coefficient (Wildman–Crippen LogP) is 4.95. The fourth-order valence-corrected chi connectivity index (χ4v) is 11.3. The smallest absolute Gasteiger partial charge is 0.324 e. The minimum Gasteiger partial charge on any atom is -0.464 e. The minimum atomic E-state index is -1.07. The molecular weight excluding hydrogens is 915 g/mol. The average molecular weight is 992 g/mol. The number of morpholine rings is 1. The molecule has 2 aromatic heterocycles. The van der Waals surface area contributed by atoms with Crippen molar-refractivity contribution in [2.45, 2.75) is 136 Å². The number of amides is 4. The second-order valence-corrected chi connectivity index (χ2v) is 22.1. The van der Waals surface area contributed by atoms with Crippen LogP contribution in [0.3, 0.4) is 0 Å². The molecule has 17 heteroatoms. The molecule has 17 nitrogen and oxygen atoms in total.